The van der Waals surface area contributed by atoms with E-state index in [4.69, 9.17) is 16.7 Å². The van der Waals surface area contributed by atoms with Gasteiger partial charge in [0.2, 0.25) is 0 Å². The summed E-state index contributed by atoms with van der Waals surface area (Å²) in [5.41, 5.74) is 0. The summed E-state index contributed by atoms with van der Waals surface area (Å²) in [7, 11) is 0. The number of hydrogen-bond acceptors (Lipinski definition) is 2. The molecule has 9 heavy (non-hydrogen) atoms. The number of aliphatic hydroxyl groups is 1. The highest BCUT2D eigenvalue weighted by Crippen LogP contribution is 1.91. The van der Waals surface area contributed by atoms with Crippen molar-refractivity contribution >= 4 is 11.6 Å². The largest absolute Gasteiger partial charge is 0.392 e. The van der Waals surface area contributed by atoms with Gasteiger partial charge in [0.1, 0.15) is 0 Å². The first kappa shape index (κ1) is 8.95. The van der Waals surface area contributed by atoms with E-state index in [9.17, 15) is 0 Å². The van der Waals surface area contributed by atoms with Gasteiger partial charge in [-0.1, -0.05) is 18.2 Å². The Morgan fingerprint density at radius 1 is 1.89 bits per heavy atom. The van der Waals surface area contributed by atoms with Crippen LogP contribution >= 0.6 is 11.6 Å². The third-order valence-corrected chi connectivity index (χ3v) is 0.890. The van der Waals surface area contributed by atoms with Gasteiger partial charge in [0.25, 0.3) is 0 Å². The molecule has 0 spiro atoms. The molecule has 54 valence electrons. The molecule has 0 heterocycles. The first-order valence-electron chi connectivity index (χ1n) is 2.85. The highest BCUT2D eigenvalue weighted by molar-refractivity contribution is 6.29. The molecule has 3 heteroatoms. The van der Waals surface area contributed by atoms with Crippen molar-refractivity contribution in [2.24, 2.45) is 0 Å². The molecule has 0 aliphatic rings. The van der Waals surface area contributed by atoms with Crippen LogP contribution < -0.4 is 5.32 Å². The van der Waals surface area contributed by atoms with Crippen LogP contribution in [0.5, 0.6) is 0 Å². The lowest BCUT2D eigenvalue weighted by Crippen LogP contribution is -2.25. The van der Waals surface area contributed by atoms with Crippen LogP contribution in [0, 0.1) is 0 Å². The summed E-state index contributed by atoms with van der Waals surface area (Å²) in [5.74, 6) is 0. The number of aliphatic hydroxyl groups excluding tert-OH is 1. The maximum atomic E-state index is 8.73. The number of nitrogens with one attached hydrogen (secondary N) is 1. The third-order valence-electron chi connectivity index (χ3n) is 0.757. The van der Waals surface area contributed by atoms with Crippen molar-refractivity contribution in [3.63, 3.8) is 0 Å². The van der Waals surface area contributed by atoms with Crippen LogP contribution in [0.3, 0.4) is 0 Å². The van der Waals surface area contributed by atoms with Crippen molar-refractivity contribution in [1.29, 1.82) is 0 Å². The number of rotatable bonds is 4. The quantitative estimate of drug-likeness (QED) is 0.617. The monoisotopic (exact) mass is 149 g/mol. The van der Waals surface area contributed by atoms with Crippen molar-refractivity contribution in [1.82, 2.24) is 5.32 Å². The van der Waals surface area contributed by atoms with Crippen molar-refractivity contribution < 1.29 is 5.11 Å². The molecule has 0 radical (unpaired) electrons. The molecule has 0 aromatic carbocycles. The summed E-state index contributed by atoms with van der Waals surface area (Å²) in [5, 5.41) is 12.2. The van der Waals surface area contributed by atoms with Crippen LogP contribution in [0.15, 0.2) is 11.6 Å². The molecule has 2 N–H and O–H groups in total. The fourth-order valence-electron chi connectivity index (χ4n) is 0.417. The van der Waals surface area contributed by atoms with Gasteiger partial charge in [-0.25, -0.2) is 0 Å². The Balaban J connectivity index is 3.01. The van der Waals surface area contributed by atoms with Crippen LogP contribution in [-0.4, -0.2) is 24.3 Å². The van der Waals surface area contributed by atoms with Gasteiger partial charge in [0.05, 0.1) is 6.10 Å². The van der Waals surface area contributed by atoms with Gasteiger partial charge in [-0.2, -0.15) is 0 Å². The van der Waals surface area contributed by atoms with Crippen molar-refractivity contribution in [2.45, 2.75) is 13.0 Å². The number of hydrogen-bond donors (Lipinski definition) is 2. The predicted molar refractivity (Wildman–Crippen MR) is 39.5 cm³/mol. The maximum Gasteiger partial charge on any atom is 0.0636 e. The van der Waals surface area contributed by atoms with Gasteiger partial charge in [0, 0.05) is 18.1 Å². The van der Waals surface area contributed by atoms with E-state index in [2.05, 4.69) is 11.9 Å². The van der Waals surface area contributed by atoms with Gasteiger partial charge < -0.3 is 10.4 Å². The van der Waals surface area contributed by atoms with E-state index >= 15 is 0 Å². The predicted octanol–water partition coefficient (Wildman–Crippen LogP) is 0.709. The Hall–Kier alpha value is -0.0500. The van der Waals surface area contributed by atoms with Crippen LogP contribution in [0.4, 0.5) is 0 Å². The van der Waals surface area contributed by atoms with Crippen LogP contribution in [0.1, 0.15) is 6.92 Å². The molecule has 0 unspecified atom stereocenters. The van der Waals surface area contributed by atoms with E-state index in [0.717, 1.165) is 0 Å². The van der Waals surface area contributed by atoms with E-state index in [1.165, 1.54) is 0 Å². The topological polar surface area (TPSA) is 32.3 Å². The van der Waals surface area contributed by atoms with Crippen molar-refractivity contribution in [3.8, 4) is 0 Å². The minimum Gasteiger partial charge on any atom is -0.392 e. The Morgan fingerprint density at radius 2 is 2.44 bits per heavy atom. The summed E-state index contributed by atoms with van der Waals surface area (Å²) in [6.07, 6.45) is -0.319. The SMILES string of the molecule is C=C(Cl)CNC[C@H](C)O. The molecule has 0 rings (SSSR count). The molecule has 0 aliphatic carbocycles. The van der Waals surface area contributed by atoms with E-state index in [-0.39, 0.29) is 6.10 Å². The highest BCUT2D eigenvalue weighted by atomic mass is 35.5. The average Bonchev–Trinajstić information content (AvgIpc) is 1.63. The van der Waals surface area contributed by atoms with Crippen LogP contribution in [0.25, 0.3) is 0 Å². The van der Waals surface area contributed by atoms with E-state index in [1.54, 1.807) is 6.92 Å². The van der Waals surface area contributed by atoms with Gasteiger partial charge >= 0.3 is 0 Å². The van der Waals surface area contributed by atoms with Gasteiger partial charge in [-0.05, 0) is 6.92 Å². The lowest BCUT2D eigenvalue weighted by Gasteiger charge is -2.04. The maximum absolute atomic E-state index is 8.73. The van der Waals surface area contributed by atoms with Gasteiger partial charge in [-0.3, -0.25) is 0 Å². The molecule has 0 saturated heterocycles. The third kappa shape index (κ3) is 7.95. The Bertz CT molecular complexity index is 93.1. The van der Waals surface area contributed by atoms with E-state index < -0.39 is 0 Å². The minimum absolute atomic E-state index is 0.319. The number of halogens is 1. The summed E-state index contributed by atoms with van der Waals surface area (Å²) in [6, 6.07) is 0. The molecule has 0 amide bonds. The molecule has 1 atom stereocenters. The summed E-state index contributed by atoms with van der Waals surface area (Å²) in [4.78, 5) is 0. The molecule has 0 saturated carbocycles. The smallest absolute Gasteiger partial charge is 0.0636 e. The Kier molecular flexibility index (Phi) is 4.77. The second-order valence-electron chi connectivity index (χ2n) is 2.00. The van der Waals surface area contributed by atoms with E-state index in [0.29, 0.717) is 18.1 Å². The minimum atomic E-state index is -0.319. The first-order chi connectivity index (χ1) is 4.13. The van der Waals surface area contributed by atoms with E-state index in [1.807, 2.05) is 0 Å². The standard InChI is InChI=1S/C6H12ClNO/c1-5(7)3-8-4-6(2)9/h6,8-9H,1,3-4H2,2H3/t6-/m0/s1. The van der Waals surface area contributed by atoms with Crippen molar-refractivity contribution in [3.05, 3.63) is 11.6 Å². The molecule has 0 aromatic heterocycles. The molecular weight excluding hydrogens is 138 g/mol. The first-order valence-corrected chi connectivity index (χ1v) is 3.22. The summed E-state index contributed by atoms with van der Waals surface area (Å²) in [6.45, 7) is 6.31. The zero-order valence-corrected chi connectivity index (χ0v) is 6.28. The fraction of sp³-hybridized carbons (Fsp3) is 0.667. The lowest BCUT2D eigenvalue weighted by atomic mass is 10.4. The lowest BCUT2D eigenvalue weighted by molar-refractivity contribution is 0.193. The fourth-order valence-corrected chi connectivity index (χ4v) is 0.511. The molecule has 0 aromatic rings. The average molecular weight is 150 g/mol. The highest BCUT2D eigenvalue weighted by Gasteiger charge is 1.92. The zero-order chi connectivity index (χ0) is 7.28. The molecule has 2 nitrogen and oxygen atoms in total. The van der Waals surface area contributed by atoms with Gasteiger partial charge in [-0.15, -0.1) is 0 Å². The second kappa shape index (κ2) is 4.79. The van der Waals surface area contributed by atoms with Crippen molar-refractivity contribution in [2.75, 3.05) is 13.1 Å². The second-order valence-corrected chi connectivity index (χ2v) is 2.53. The molecular formula is C6H12ClNO. The molecule has 0 fully saturated rings. The summed E-state index contributed by atoms with van der Waals surface area (Å²) < 4.78 is 0. The normalized spacial score (nSPS) is 13.2. The zero-order valence-electron chi connectivity index (χ0n) is 5.52. The Labute approximate surface area is 60.5 Å². The molecule has 0 bridgehead atoms. The Morgan fingerprint density at radius 3 is 2.78 bits per heavy atom. The van der Waals surface area contributed by atoms with Crippen LogP contribution in [-0.2, 0) is 0 Å². The van der Waals surface area contributed by atoms with Crippen LogP contribution in [0.2, 0.25) is 0 Å². The van der Waals surface area contributed by atoms with Gasteiger partial charge in [0.15, 0.2) is 0 Å². The summed E-state index contributed by atoms with van der Waals surface area (Å²) >= 11 is 5.42. The molecule has 0 aliphatic heterocycles.